The standard InChI is InChI=1S/C21H21F5N6O2.3C2H6/c1-9-3-4-28-5-6-29-18-14-17(31-20(32-18)33-2)15(23)16(30-19(14)34-9)10-7-13(27)12(22)8-11(10)21(24,25)26;3*1-2/h7-9,28H,3-6,27H2,1-2H3,(H,29,31,32);3*1-2H3. The van der Waals surface area contributed by atoms with E-state index in [0.29, 0.717) is 32.1 Å². The molecule has 0 aliphatic carbocycles. The van der Waals surface area contributed by atoms with Crippen LogP contribution >= 0.6 is 0 Å². The zero-order valence-corrected chi connectivity index (χ0v) is 24.2. The molecule has 224 valence electrons. The summed E-state index contributed by atoms with van der Waals surface area (Å²) < 4.78 is 81.9. The van der Waals surface area contributed by atoms with Crippen molar-refractivity contribution in [3.05, 3.63) is 29.3 Å². The van der Waals surface area contributed by atoms with Crippen molar-refractivity contribution in [2.24, 2.45) is 0 Å². The summed E-state index contributed by atoms with van der Waals surface area (Å²) in [5.74, 6) is -2.52. The molecule has 1 aliphatic rings. The van der Waals surface area contributed by atoms with Gasteiger partial charge in [-0.1, -0.05) is 41.5 Å². The fourth-order valence-electron chi connectivity index (χ4n) is 3.57. The number of nitrogen functional groups attached to an aromatic ring is 1. The summed E-state index contributed by atoms with van der Waals surface area (Å²) in [6.07, 6.45) is -4.91. The normalized spacial score (nSPS) is 14.9. The smallest absolute Gasteiger partial charge is 0.417 e. The molecule has 0 bridgehead atoms. The van der Waals surface area contributed by atoms with Gasteiger partial charge in [-0.2, -0.15) is 23.1 Å². The van der Waals surface area contributed by atoms with E-state index in [1.54, 1.807) is 6.92 Å². The Bertz CT molecular complexity index is 1240. The Morgan fingerprint density at radius 1 is 0.975 bits per heavy atom. The van der Waals surface area contributed by atoms with Crippen molar-refractivity contribution in [2.45, 2.75) is 67.2 Å². The van der Waals surface area contributed by atoms with Crippen LogP contribution in [0.3, 0.4) is 0 Å². The van der Waals surface area contributed by atoms with Crippen molar-refractivity contribution < 1.29 is 31.4 Å². The Balaban J connectivity index is 0.00000125. The number of pyridine rings is 1. The third kappa shape index (κ3) is 8.03. The second-order valence-corrected chi connectivity index (χ2v) is 7.67. The Hall–Kier alpha value is -3.48. The Morgan fingerprint density at radius 3 is 2.23 bits per heavy atom. The number of halogens is 5. The molecular weight excluding hydrogens is 535 g/mol. The molecule has 0 radical (unpaired) electrons. The van der Waals surface area contributed by atoms with Gasteiger partial charge in [0.05, 0.1) is 24.5 Å². The van der Waals surface area contributed by atoms with E-state index >= 15 is 4.39 Å². The molecule has 1 unspecified atom stereocenters. The van der Waals surface area contributed by atoms with Gasteiger partial charge in [-0.25, -0.2) is 13.8 Å². The fraction of sp³-hybridized carbons (Fsp3) is 0.519. The molecule has 0 amide bonds. The summed E-state index contributed by atoms with van der Waals surface area (Å²) in [6.45, 7) is 15.3. The average Bonchev–Trinajstić information content (AvgIpc) is 2.98. The number of aromatic nitrogens is 3. The highest BCUT2D eigenvalue weighted by molar-refractivity contribution is 5.96. The van der Waals surface area contributed by atoms with Crippen molar-refractivity contribution in [2.75, 3.05) is 37.8 Å². The molecule has 0 fully saturated rings. The molecule has 4 N–H and O–H groups in total. The summed E-state index contributed by atoms with van der Waals surface area (Å²) in [4.78, 5) is 12.3. The highest BCUT2D eigenvalue weighted by Gasteiger charge is 2.37. The molecule has 1 aliphatic heterocycles. The molecule has 1 aromatic carbocycles. The second-order valence-electron chi connectivity index (χ2n) is 7.67. The fourth-order valence-corrected chi connectivity index (χ4v) is 3.57. The lowest BCUT2D eigenvalue weighted by Crippen LogP contribution is -2.26. The van der Waals surface area contributed by atoms with Gasteiger partial charge in [0, 0.05) is 18.7 Å². The number of hydrogen-bond donors (Lipinski definition) is 3. The molecular formula is C27H39F5N6O2. The van der Waals surface area contributed by atoms with E-state index in [1.165, 1.54) is 7.11 Å². The third-order valence-corrected chi connectivity index (χ3v) is 5.25. The zero-order chi connectivity index (χ0) is 30.6. The van der Waals surface area contributed by atoms with E-state index in [2.05, 4.69) is 25.6 Å². The van der Waals surface area contributed by atoms with Crippen LogP contribution in [0.25, 0.3) is 22.2 Å². The zero-order valence-electron chi connectivity index (χ0n) is 24.2. The molecule has 1 atom stereocenters. The molecule has 0 spiro atoms. The lowest BCUT2D eigenvalue weighted by atomic mass is 10.0. The monoisotopic (exact) mass is 574 g/mol. The maximum absolute atomic E-state index is 15.8. The van der Waals surface area contributed by atoms with Crippen LogP contribution in [0.15, 0.2) is 12.1 Å². The van der Waals surface area contributed by atoms with Crippen LogP contribution in [0.5, 0.6) is 11.9 Å². The van der Waals surface area contributed by atoms with E-state index in [1.807, 2.05) is 41.5 Å². The summed E-state index contributed by atoms with van der Waals surface area (Å²) in [7, 11) is 1.27. The van der Waals surface area contributed by atoms with Gasteiger partial charge >= 0.3 is 12.2 Å². The molecule has 0 saturated carbocycles. The van der Waals surface area contributed by atoms with Crippen molar-refractivity contribution in [3.8, 4) is 23.1 Å². The summed E-state index contributed by atoms with van der Waals surface area (Å²) in [6, 6.07) is 0.682. The first kappa shape index (κ1) is 34.5. The highest BCUT2D eigenvalue weighted by atomic mass is 19.4. The Labute approximate surface area is 231 Å². The first-order valence-electron chi connectivity index (χ1n) is 13.3. The minimum absolute atomic E-state index is 0.0412. The van der Waals surface area contributed by atoms with Crippen molar-refractivity contribution >= 4 is 22.4 Å². The first-order chi connectivity index (χ1) is 19.1. The van der Waals surface area contributed by atoms with Crippen LogP contribution in [-0.4, -0.2) is 47.8 Å². The van der Waals surface area contributed by atoms with Gasteiger partial charge in [0.2, 0.25) is 5.88 Å². The van der Waals surface area contributed by atoms with E-state index < -0.39 is 46.4 Å². The van der Waals surface area contributed by atoms with E-state index in [-0.39, 0.29) is 34.7 Å². The van der Waals surface area contributed by atoms with Gasteiger partial charge < -0.3 is 25.8 Å². The molecule has 13 heteroatoms. The van der Waals surface area contributed by atoms with E-state index in [9.17, 15) is 17.6 Å². The van der Waals surface area contributed by atoms with Gasteiger partial charge in [-0.3, -0.25) is 0 Å². The van der Waals surface area contributed by atoms with Crippen molar-refractivity contribution in [1.82, 2.24) is 20.3 Å². The number of alkyl halides is 3. The Morgan fingerprint density at radius 2 is 1.62 bits per heavy atom. The number of nitrogens with two attached hydrogens (primary N) is 1. The van der Waals surface area contributed by atoms with Crippen molar-refractivity contribution in [3.63, 3.8) is 0 Å². The van der Waals surface area contributed by atoms with Crippen LogP contribution in [0.4, 0.5) is 33.5 Å². The van der Waals surface area contributed by atoms with Crippen LogP contribution in [0.2, 0.25) is 0 Å². The van der Waals surface area contributed by atoms with Gasteiger partial charge in [0.1, 0.15) is 28.2 Å². The molecule has 8 nitrogen and oxygen atoms in total. The van der Waals surface area contributed by atoms with Crippen LogP contribution in [0, 0.1) is 11.6 Å². The Kier molecular flexibility index (Phi) is 13.8. The number of benzene rings is 1. The molecule has 4 rings (SSSR count). The third-order valence-electron chi connectivity index (χ3n) is 5.25. The SMILES string of the molecule is CC.CC.CC.COc1nc2c3c(nc(-c4cc(N)c(F)cc4C(F)(F)F)c(F)c3n1)OC(C)CCNCCN2. The number of methoxy groups -OCH3 is 1. The number of anilines is 2. The molecule has 3 aromatic rings. The topological polar surface area (TPSA) is 107 Å². The summed E-state index contributed by atoms with van der Waals surface area (Å²) in [5, 5.41) is 6.26. The van der Waals surface area contributed by atoms with Gasteiger partial charge in [-0.15, -0.1) is 0 Å². The number of rotatable bonds is 2. The first-order valence-corrected chi connectivity index (χ1v) is 13.3. The largest absolute Gasteiger partial charge is 0.474 e. The number of nitrogens with one attached hydrogen (secondary N) is 2. The van der Waals surface area contributed by atoms with Gasteiger partial charge in [-0.05, 0) is 32.0 Å². The minimum Gasteiger partial charge on any atom is -0.474 e. The maximum atomic E-state index is 15.8. The molecule has 2 aromatic heterocycles. The lowest BCUT2D eigenvalue weighted by Gasteiger charge is -2.19. The number of ether oxygens (including phenoxy) is 2. The minimum atomic E-state index is -5.01. The quantitative estimate of drug-likeness (QED) is 0.226. The van der Waals surface area contributed by atoms with Crippen LogP contribution in [-0.2, 0) is 6.18 Å². The summed E-state index contributed by atoms with van der Waals surface area (Å²) in [5.41, 5.74) is 1.62. The molecule has 40 heavy (non-hydrogen) atoms. The molecule has 3 heterocycles. The number of hydrogen-bond acceptors (Lipinski definition) is 8. The molecule has 0 saturated heterocycles. The summed E-state index contributed by atoms with van der Waals surface area (Å²) >= 11 is 0. The van der Waals surface area contributed by atoms with Crippen LogP contribution < -0.4 is 25.8 Å². The van der Waals surface area contributed by atoms with Gasteiger partial charge in [0.25, 0.3) is 0 Å². The van der Waals surface area contributed by atoms with E-state index in [4.69, 9.17) is 15.2 Å². The second kappa shape index (κ2) is 15.9. The van der Waals surface area contributed by atoms with Crippen LogP contribution in [0.1, 0.15) is 60.5 Å². The predicted molar refractivity (Wildman–Crippen MR) is 149 cm³/mol. The lowest BCUT2D eigenvalue weighted by molar-refractivity contribution is -0.137. The predicted octanol–water partition coefficient (Wildman–Crippen LogP) is 6.83. The highest BCUT2D eigenvalue weighted by Crippen LogP contribution is 2.43. The van der Waals surface area contributed by atoms with Crippen molar-refractivity contribution in [1.29, 1.82) is 0 Å². The number of nitrogens with zero attached hydrogens (tertiary/aromatic N) is 3. The average molecular weight is 575 g/mol. The van der Waals surface area contributed by atoms with Gasteiger partial charge in [0.15, 0.2) is 5.82 Å². The maximum Gasteiger partial charge on any atom is 0.417 e. The van der Waals surface area contributed by atoms with E-state index in [0.717, 1.165) is 0 Å².